The summed E-state index contributed by atoms with van der Waals surface area (Å²) in [5.74, 6) is -0.710. The van der Waals surface area contributed by atoms with E-state index in [4.69, 9.17) is 9.47 Å². The molecular weight excluding hydrogens is 372 g/mol. The van der Waals surface area contributed by atoms with Gasteiger partial charge >= 0.3 is 5.97 Å². The SMILES string of the molecule is CCOC(=O)c1ccccc1N1CC(C(=O)Nc2ccc(OCC)cc2)CC1=O. The molecule has 0 radical (unpaired) electrons. The summed E-state index contributed by atoms with van der Waals surface area (Å²) in [5, 5.41) is 2.84. The van der Waals surface area contributed by atoms with Crippen molar-refractivity contribution in [3.63, 3.8) is 0 Å². The highest BCUT2D eigenvalue weighted by atomic mass is 16.5. The van der Waals surface area contributed by atoms with Crippen molar-refractivity contribution < 1.29 is 23.9 Å². The molecule has 3 rings (SSSR count). The molecule has 0 spiro atoms. The quantitative estimate of drug-likeness (QED) is 0.726. The van der Waals surface area contributed by atoms with E-state index in [0.717, 1.165) is 5.75 Å². The first-order valence-electron chi connectivity index (χ1n) is 9.63. The van der Waals surface area contributed by atoms with Crippen LogP contribution in [0.5, 0.6) is 5.75 Å². The smallest absolute Gasteiger partial charge is 0.340 e. The third-order valence-electron chi connectivity index (χ3n) is 4.62. The maximum Gasteiger partial charge on any atom is 0.340 e. The highest BCUT2D eigenvalue weighted by molar-refractivity contribution is 6.07. The van der Waals surface area contributed by atoms with E-state index in [1.165, 1.54) is 4.90 Å². The number of amides is 2. The topological polar surface area (TPSA) is 84.9 Å². The van der Waals surface area contributed by atoms with Crippen LogP contribution in [-0.4, -0.2) is 37.5 Å². The number of carbonyl (C=O) groups is 3. The molecule has 7 heteroatoms. The summed E-state index contributed by atoms with van der Waals surface area (Å²) in [6, 6.07) is 13.8. The van der Waals surface area contributed by atoms with Crippen molar-refractivity contribution >= 4 is 29.2 Å². The van der Waals surface area contributed by atoms with E-state index >= 15 is 0 Å². The zero-order chi connectivity index (χ0) is 20.8. The number of benzene rings is 2. The Morgan fingerprint density at radius 2 is 1.79 bits per heavy atom. The van der Waals surface area contributed by atoms with Crippen LogP contribution in [-0.2, 0) is 14.3 Å². The van der Waals surface area contributed by atoms with Gasteiger partial charge in [0.15, 0.2) is 0 Å². The Kier molecular flexibility index (Phi) is 6.49. The normalized spacial score (nSPS) is 15.9. The number of para-hydroxylation sites is 1. The Balaban J connectivity index is 1.70. The monoisotopic (exact) mass is 396 g/mol. The van der Waals surface area contributed by atoms with Gasteiger partial charge in [-0.1, -0.05) is 12.1 Å². The minimum absolute atomic E-state index is 0.0834. The highest BCUT2D eigenvalue weighted by Gasteiger charge is 2.36. The van der Waals surface area contributed by atoms with Crippen molar-refractivity contribution in [2.45, 2.75) is 20.3 Å². The minimum atomic E-state index is -0.510. The molecule has 1 heterocycles. The largest absolute Gasteiger partial charge is 0.494 e. The Morgan fingerprint density at radius 1 is 1.07 bits per heavy atom. The van der Waals surface area contributed by atoms with Gasteiger partial charge in [0.25, 0.3) is 0 Å². The second-order valence-electron chi connectivity index (χ2n) is 6.59. The molecule has 1 fully saturated rings. The van der Waals surface area contributed by atoms with Crippen molar-refractivity contribution in [1.82, 2.24) is 0 Å². The van der Waals surface area contributed by atoms with Gasteiger partial charge in [-0.15, -0.1) is 0 Å². The van der Waals surface area contributed by atoms with Crippen molar-refractivity contribution in [3.8, 4) is 5.75 Å². The molecule has 2 amide bonds. The first-order chi connectivity index (χ1) is 14.0. The lowest BCUT2D eigenvalue weighted by Gasteiger charge is -2.19. The maximum absolute atomic E-state index is 12.7. The summed E-state index contributed by atoms with van der Waals surface area (Å²) >= 11 is 0. The molecular formula is C22H24N2O5. The van der Waals surface area contributed by atoms with Crippen LogP contribution in [0, 0.1) is 5.92 Å². The third-order valence-corrected chi connectivity index (χ3v) is 4.62. The van der Waals surface area contributed by atoms with Gasteiger partial charge in [-0.3, -0.25) is 9.59 Å². The van der Waals surface area contributed by atoms with Gasteiger partial charge in [0.1, 0.15) is 5.75 Å². The molecule has 152 valence electrons. The van der Waals surface area contributed by atoms with Gasteiger partial charge in [-0.05, 0) is 50.2 Å². The minimum Gasteiger partial charge on any atom is -0.494 e. The molecule has 7 nitrogen and oxygen atoms in total. The summed E-state index contributed by atoms with van der Waals surface area (Å²) < 4.78 is 10.5. The molecule has 0 aromatic heterocycles. The van der Waals surface area contributed by atoms with Gasteiger partial charge < -0.3 is 19.7 Å². The number of nitrogens with one attached hydrogen (secondary N) is 1. The number of carbonyl (C=O) groups excluding carboxylic acids is 3. The molecule has 1 aliphatic heterocycles. The number of esters is 1. The second kappa shape index (κ2) is 9.23. The first kappa shape index (κ1) is 20.4. The standard InChI is InChI=1S/C22H24N2O5/c1-3-28-17-11-9-16(10-12-17)23-21(26)15-13-20(25)24(14-15)19-8-6-5-7-18(19)22(27)29-4-2/h5-12,15H,3-4,13-14H2,1-2H3,(H,23,26). The molecule has 0 aliphatic carbocycles. The van der Waals surface area contributed by atoms with Crippen LogP contribution in [0.3, 0.4) is 0 Å². The van der Waals surface area contributed by atoms with Crippen molar-refractivity contribution in [2.75, 3.05) is 30.0 Å². The predicted molar refractivity (Wildman–Crippen MR) is 109 cm³/mol. The van der Waals surface area contributed by atoms with E-state index in [1.807, 2.05) is 6.92 Å². The van der Waals surface area contributed by atoms with E-state index in [1.54, 1.807) is 55.5 Å². The number of rotatable bonds is 7. The average Bonchev–Trinajstić information content (AvgIpc) is 3.11. The molecule has 2 aromatic carbocycles. The lowest BCUT2D eigenvalue weighted by Crippen LogP contribution is -2.29. The van der Waals surface area contributed by atoms with Crippen LogP contribution in [0.4, 0.5) is 11.4 Å². The van der Waals surface area contributed by atoms with Crippen molar-refractivity contribution in [3.05, 3.63) is 54.1 Å². The first-order valence-corrected chi connectivity index (χ1v) is 9.63. The lowest BCUT2D eigenvalue weighted by atomic mass is 10.1. The van der Waals surface area contributed by atoms with Crippen LogP contribution in [0.25, 0.3) is 0 Å². The number of anilines is 2. The van der Waals surface area contributed by atoms with Crippen LogP contribution in [0.1, 0.15) is 30.6 Å². The molecule has 1 unspecified atom stereocenters. The Morgan fingerprint density at radius 3 is 2.48 bits per heavy atom. The van der Waals surface area contributed by atoms with Crippen LogP contribution in [0.2, 0.25) is 0 Å². The van der Waals surface area contributed by atoms with E-state index < -0.39 is 11.9 Å². The number of hydrogen-bond acceptors (Lipinski definition) is 5. The van der Waals surface area contributed by atoms with E-state index in [2.05, 4.69) is 5.32 Å². The summed E-state index contributed by atoms with van der Waals surface area (Å²) in [5.41, 5.74) is 1.42. The Hall–Kier alpha value is -3.35. The molecule has 2 aromatic rings. The average molecular weight is 396 g/mol. The molecule has 0 saturated carbocycles. The summed E-state index contributed by atoms with van der Waals surface area (Å²) in [7, 11) is 0. The fourth-order valence-electron chi connectivity index (χ4n) is 3.25. The fourth-order valence-corrected chi connectivity index (χ4v) is 3.25. The van der Waals surface area contributed by atoms with Crippen molar-refractivity contribution in [2.24, 2.45) is 5.92 Å². The molecule has 1 N–H and O–H groups in total. The van der Waals surface area contributed by atoms with E-state index in [0.29, 0.717) is 23.5 Å². The zero-order valence-corrected chi connectivity index (χ0v) is 16.5. The molecule has 1 saturated heterocycles. The Labute approximate surface area is 169 Å². The molecule has 29 heavy (non-hydrogen) atoms. The van der Waals surface area contributed by atoms with Crippen LogP contribution >= 0.6 is 0 Å². The van der Waals surface area contributed by atoms with E-state index in [9.17, 15) is 14.4 Å². The maximum atomic E-state index is 12.7. The molecule has 1 atom stereocenters. The van der Waals surface area contributed by atoms with Gasteiger partial charge in [0, 0.05) is 18.7 Å². The predicted octanol–water partition coefficient (Wildman–Crippen LogP) is 3.25. The van der Waals surface area contributed by atoms with Gasteiger partial charge in [0.05, 0.1) is 30.4 Å². The summed E-state index contributed by atoms with van der Waals surface area (Å²) in [6.07, 6.45) is 0.0834. The third kappa shape index (κ3) is 4.74. The fraction of sp³-hybridized carbons (Fsp3) is 0.318. The molecule has 0 bridgehead atoms. The van der Waals surface area contributed by atoms with Crippen LogP contribution < -0.4 is 15.0 Å². The Bertz CT molecular complexity index is 894. The summed E-state index contributed by atoms with van der Waals surface area (Å²) in [6.45, 7) is 4.65. The lowest BCUT2D eigenvalue weighted by molar-refractivity contribution is -0.122. The zero-order valence-electron chi connectivity index (χ0n) is 16.5. The van der Waals surface area contributed by atoms with Crippen molar-refractivity contribution in [1.29, 1.82) is 0 Å². The second-order valence-corrected chi connectivity index (χ2v) is 6.59. The van der Waals surface area contributed by atoms with Gasteiger partial charge in [-0.2, -0.15) is 0 Å². The van der Waals surface area contributed by atoms with Gasteiger partial charge in [0.2, 0.25) is 11.8 Å². The van der Waals surface area contributed by atoms with Gasteiger partial charge in [-0.25, -0.2) is 4.79 Å². The summed E-state index contributed by atoms with van der Waals surface area (Å²) in [4.78, 5) is 38.9. The van der Waals surface area contributed by atoms with E-state index in [-0.39, 0.29) is 31.4 Å². The van der Waals surface area contributed by atoms with Crippen LogP contribution in [0.15, 0.2) is 48.5 Å². The number of nitrogens with zero attached hydrogens (tertiary/aromatic N) is 1. The highest BCUT2D eigenvalue weighted by Crippen LogP contribution is 2.29. The molecule has 1 aliphatic rings. The number of hydrogen-bond donors (Lipinski definition) is 1. The number of ether oxygens (including phenoxy) is 2.